The first kappa shape index (κ1) is 13.7. The van der Waals surface area contributed by atoms with E-state index in [1.54, 1.807) is 11.3 Å². The van der Waals surface area contributed by atoms with Gasteiger partial charge in [-0.25, -0.2) is 4.98 Å². The van der Waals surface area contributed by atoms with Gasteiger partial charge in [0.05, 0.1) is 5.39 Å². The van der Waals surface area contributed by atoms with Crippen LogP contribution in [0.2, 0.25) is 0 Å². The number of hydrogen-bond donors (Lipinski definition) is 1. The molecule has 1 N–H and O–H groups in total. The number of rotatable bonds is 3. The molecule has 22 heavy (non-hydrogen) atoms. The van der Waals surface area contributed by atoms with Crippen molar-refractivity contribution in [2.45, 2.75) is 38.5 Å². The van der Waals surface area contributed by atoms with Crippen LogP contribution in [0, 0.1) is 0 Å². The molecule has 0 bridgehead atoms. The van der Waals surface area contributed by atoms with E-state index < -0.39 is 0 Å². The zero-order valence-corrected chi connectivity index (χ0v) is 13.2. The van der Waals surface area contributed by atoms with Crippen molar-refractivity contribution < 1.29 is 0 Å². The predicted octanol–water partition coefficient (Wildman–Crippen LogP) is 3.65. The largest absolute Gasteiger partial charge is 0.310 e. The molecule has 4 heteroatoms. The molecule has 0 spiro atoms. The van der Waals surface area contributed by atoms with E-state index in [-0.39, 0.29) is 5.56 Å². The lowest BCUT2D eigenvalue weighted by molar-refractivity contribution is 0.700. The van der Waals surface area contributed by atoms with E-state index in [0.717, 1.165) is 41.7 Å². The van der Waals surface area contributed by atoms with Gasteiger partial charge in [0.15, 0.2) is 0 Å². The summed E-state index contributed by atoms with van der Waals surface area (Å²) in [5.74, 6) is 0.806. The van der Waals surface area contributed by atoms with E-state index in [1.165, 1.54) is 28.8 Å². The van der Waals surface area contributed by atoms with E-state index in [4.69, 9.17) is 4.98 Å². The molecule has 1 aliphatic rings. The molecule has 4 rings (SSSR count). The van der Waals surface area contributed by atoms with Gasteiger partial charge in [0.2, 0.25) is 0 Å². The fourth-order valence-electron chi connectivity index (χ4n) is 3.23. The Morgan fingerprint density at radius 3 is 2.77 bits per heavy atom. The van der Waals surface area contributed by atoms with Crippen LogP contribution >= 0.6 is 11.3 Å². The number of aromatic amines is 1. The molecule has 2 aromatic heterocycles. The average Bonchev–Trinajstić information content (AvgIpc) is 2.92. The van der Waals surface area contributed by atoms with Crippen molar-refractivity contribution in [3.05, 3.63) is 62.5 Å². The summed E-state index contributed by atoms with van der Waals surface area (Å²) in [6.07, 6.45) is 6.24. The monoisotopic (exact) mass is 310 g/mol. The number of nitrogens with zero attached hydrogens (tertiary/aromatic N) is 1. The van der Waals surface area contributed by atoms with Gasteiger partial charge in [0.1, 0.15) is 10.7 Å². The van der Waals surface area contributed by atoms with Crippen molar-refractivity contribution in [1.82, 2.24) is 9.97 Å². The second kappa shape index (κ2) is 5.69. The Morgan fingerprint density at radius 1 is 1.09 bits per heavy atom. The van der Waals surface area contributed by atoms with Crippen LogP contribution in [0.25, 0.3) is 10.2 Å². The highest BCUT2D eigenvalue weighted by atomic mass is 32.1. The topological polar surface area (TPSA) is 45.8 Å². The molecular formula is C18H18N2OS. The third-order valence-electron chi connectivity index (χ3n) is 4.37. The predicted molar refractivity (Wildman–Crippen MR) is 90.7 cm³/mol. The van der Waals surface area contributed by atoms with E-state index in [1.807, 2.05) is 18.2 Å². The van der Waals surface area contributed by atoms with Gasteiger partial charge < -0.3 is 4.98 Å². The van der Waals surface area contributed by atoms with E-state index in [2.05, 4.69) is 17.1 Å². The summed E-state index contributed by atoms with van der Waals surface area (Å²) in [6, 6.07) is 10.3. The SMILES string of the molecule is O=c1[nH]c(CCc2ccccc2)nc2sc3c(c12)CCCC3. The lowest BCUT2D eigenvalue weighted by Crippen LogP contribution is -2.13. The third-order valence-corrected chi connectivity index (χ3v) is 5.55. The van der Waals surface area contributed by atoms with Gasteiger partial charge in [-0.15, -0.1) is 11.3 Å². The van der Waals surface area contributed by atoms with Crippen molar-refractivity contribution in [1.29, 1.82) is 0 Å². The number of hydrogen-bond acceptors (Lipinski definition) is 3. The number of aromatic nitrogens is 2. The average molecular weight is 310 g/mol. The molecule has 112 valence electrons. The summed E-state index contributed by atoms with van der Waals surface area (Å²) >= 11 is 1.72. The summed E-state index contributed by atoms with van der Waals surface area (Å²) in [5.41, 5.74) is 2.58. The fourth-order valence-corrected chi connectivity index (χ4v) is 4.52. The molecule has 0 unspecified atom stereocenters. The Labute approximate surface area is 133 Å². The maximum Gasteiger partial charge on any atom is 0.259 e. The van der Waals surface area contributed by atoms with Gasteiger partial charge in [-0.05, 0) is 43.2 Å². The second-order valence-corrected chi connectivity index (χ2v) is 6.97. The summed E-state index contributed by atoms with van der Waals surface area (Å²) in [7, 11) is 0. The van der Waals surface area contributed by atoms with Crippen molar-refractivity contribution in [2.24, 2.45) is 0 Å². The number of H-pyrrole nitrogens is 1. The van der Waals surface area contributed by atoms with Gasteiger partial charge in [-0.2, -0.15) is 0 Å². The van der Waals surface area contributed by atoms with Gasteiger partial charge in [-0.1, -0.05) is 30.3 Å². The van der Waals surface area contributed by atoms with Gasteiger partial charge in [0, 0.05) is 11.3 Å². The lowest BCUT2D eigenvalue weighted by atomic mass is 9.97. The molecule has 0 amide bonds. The zero-order valence-electron chi connectivity index (χ0n) is 12.4. The summed E-state index contributed by atoms with van der Waals surface area (Å²) in [4.78, 5) is 22.5. The molecule has 0 saturated heterocycles. The number of benzene rings is 1. The zero-order chi connectivity index (χ0) is 14.9. The summed E-state index contributed by atoms with van der Waals surface area (Å²) in [6.45, 7) is 0. The third kappa shape index (κ3) is 2.48. The Balaban J connectivity index is 1.67. The van der Waals surface area contributed by atoms with Crippen LogP contribution < -0.4 is 5.56 Å². The van der Waals surface area contributed by atoms with E-state index >= 15 is 0 Å². The fraction of sp³-hybridized carbons (Fsp3) is 0.333. The normalized spacial score (nSPS) is 14.2. The van der Waals surface area contributed by atoms with Crippen LogP contribution in [0.5, 0.6) is 0 Å². The number of thiophene rings is 1. The minimum Gasteiger partial charge on any atom is -0.310 e. The van der Waals surface area contributed by atoms with Crippen LogP contribution in [-0.4, -0.2) is 9.97 Å². The second-order valence-electron chi connectivity index (χ2n) is 5.89. The van der Waals surface area contributed by atoms with Gasteiger partial charge in [0.25, 0.3) is 5.56 Å². The van der Waals surface area contributed by atoms with Crippen molar-refractivity contribution in [2.75, 3.05) is 0 Å². The van der Waals surface area contributed by atoms with Crippen LogP contribution in [-0.2, 0) is 25.7 Å². The molecule has 3 nitrogen and oxygen atoms in total. The minimum absolute atomic E-state index is 0.0486. The Bertz CT molecular complexity index is 864. The van der Waals surface area contributed by atoms with Crippen molar-refractivity contribution in [3.63, 3.8) is 0 Å². The van der Waals surface area contributed by atoms with E-state index in [9.17, 15) is 4.79 Å². The van der Waals surface area contributed by atoms with E-state index in [0.29, 0.717) is 0 Å². The molecular weight excluding hydrogens is 292 g/mol. The highest BCUT2D eigenvalue weighted by Crippen LogP contribution is 2.33. The molecule has 2 heterocycles. The molecule has 0 radical (unpaired) electrons. The smallest absolute Gasteiger partial charge is 0.259 e. The first-order valence-electron chi connectivity index (χ1n) is 7.88. The lowest BCUT2D eigenvalue weighted by Gasteiger charge is -2.09. The van der Waals surface area contributed by atoms with Crippen LogP contribution in [0.3, 0.4) is 0 Å². The molecule has 1 aliphatic carbocycles. The molecule has 3 aromatic rings. The molecule has 0 saturated carbocycles. The Kier molecular flexibility index (Phi) is 3.54. The first-order valence-corrected chi connectivity index (χ1v) is 8.70. The molecule has 0 aliphatic heterocycles. The molecule has 0 atom stereocenters. The molecule has 0 fully saturated rings. The van der Waals surface area contributed by atoms with Crippen molar-refractivity contribution >= 4 is 21.6 Å². The minimum atomic E-state index is 0.0486. The number of nitrogens with one attached hydrogen (secondary N) is 1. The Hall–Kier alpha value is -1.94. The van der Waals surface area contributed by atoms with Gasteiger partial charge >= 0.3 is 0 Å². The quantitative estimate of drug-likeness (QED) is 0.802. The number of fused-ring (bicyclic) bond motifs is 3. The van der Waals surface area contributed by atoms with Gasteiger partial charge in [-0.3, -0.25) is 4.79 Å². The highest BCUT2D eigenvalue weighted by Gasteiger charge is 2.19. The Morgan fingerprint density at radius 2 is 1.91 bits per heavy atom. The maximum absolute atomic E-state index is 12.5. The first-order chi connectivity index (χ1) is 10.8. The highest BCUT2D eigenvalue weighted by molar-refractivity contribution is 7.18. The maximum atomic E-state index is 12.5. The van der Waals surface area contributed by atoms with Crippen LogP contribution in [0.15, 0.2) is 35.1 Å². The standard InChI is InChI=1S/C18H18N2OS/c21-17-16-13-8-4-5-9-14(13)22-18(16)20-15(19-17)11-10-12-6-2-1-3-7-12/h1-3,6-7H,4-5,8-11H2,(H,19,20,21). The summed E-state index contributed by atoms with van der Waals surface area (Å²) < 4.78 is 0. The van der Waals surface area contributed by atoms with Crippen LogP contribution in [0.4, 0.5) is 0 Å². The van der Waals surface area contributed by atoms with Crippen molar-refractivity contribution in [3.8, 4) is 0 Å². The molecule has 1 aromatic carbocycles. The number of aryl methyl sites for hydroxylation is 4. The summed E-state index contributed by atoms with van der Waals surface area (Å²) in [5, 5.41) is 0.850. The van der Waals surface area contributed by atoms with Crippen LogP contribution in [0.1, 0.15) is 34.7 Å².